The summed E-state index contributed by atoms with van der Waals surface area (Å²) in [5, 5.41) is 3.28. The number of carbonyl (C=O) groups excluding carboxylic acids is 3. The zero-order valence-corrected chi connectivity index (χ0v) is 16.6. The van der Waals surface area contributed by atoms with Crippen LogP contribution in [0.2, 0.25) is 5.02 Å². The molecule has 2 aliphatic heterocycles. The molecule has 1 N–H and O–H groups in total. The SMILES string of the molecule is Cc1cc(Cl)ccc1NC(=O)COC(=O)[C@]12CCC(=O)N1c1ccccc1S2. The number of nitrogens with zero attached hydrogens (tertiary/aromatic N) is 1. The Morgan fingerprint density at radius 3 is 2.86 bits per heavy atom. The molecule has 0 aliphatic carbocycles. The van der Waals surface area contributed by atoms with Crippen LogP contribution in [0.15, 0.2) is 47.4 Å². The van der Waals surface area contributed by atoms with E-state index in [0.717, 1.165) is 10.5 Å². The molecule has 2 amide bonds. The molecule has 4 rings (SSSR count). The summed E-state index contributed by atoms with van der Waals surface area (Å²) in [5.41, 5.74) is 2.12. The second-order valence-corrected chi connectivity index (χ2v) is 8.42. The van der Waals surface area contributed by atoms with Crippen LogP contribution in [0.3, 0.4) is 0 Å². The molecule has 2 aliphatic rings. The highest BCUT2D eigenvalue weighted by Gasteiger charge is 2.58. The standard InChI is InChI=1S/C20H17ClN2O4S/c1-12-10-13(21)6-7-14(12)22-17(24)11-27-19(26)20-9-8-18(25)23(20)15-4-2-3-5-16(15)28-20/h2-7,10H,8-9,11H2,1H3,(H,22,24)/t20-/m1/s1. The topological polar surface area (TPSA) is 75.7 Å². The van der Waals surface area contributed by atoms with Crippen molar-refractivity contribution in [2.24, 2.45) is 0 Å². The molecular weight excluding hydrogens is 400 g/mol. The first-order chi connectivity index (χ1) is 13.4. The summed E-state index contributed by atoms with van der Waals surface area (Å²) in [6.45, 7) is 1.39. The van der Waals surface area contributed by atoms with Gasteiger partial charge in [-0.25, -0.2) is 4.79 Å². The normalized spacial score (nSPS) is 19.9. The van der Waals surface area contributed by atoms with E-state index in [1.54, 1.807) is 18.2 Å². The van der Waals surface area contributed by atoms with Crippen LogP contribution in [-0.4, -0.2) is 29.3 Å². The van der Waals surface area contributed by atoms with Gasteiger partial charge in [-0.3, -0.25) is 14.5 Å². The van der Waals surface area contributed by atoms with Crippen molar-refractivity contribution in [3.05, 3.63) is 53.1 Å². The van der Waals surface area contributed by atoms with Crippen LogP contribution in [-0.2, 0) is 19.1 Å². The molecule has 0 saturated carbocycles. The summed E-state index contributed by atoms with van der Waals surface area (Å²) in [6, 6.07) is 12.5. The predicted molar refractivity (Wildman–Crippen MR) is 108 cm³/mol. The van der Waals surface area contributed by atoms with Gasteiger partial charge in [-0.1, -0.05) is 35.5 Å². The van der Waals surface area contributed by atoms with Gasteiger partial charge in [0.2, 0.25) is 5.91 Å². The molecule has 6 nitrogen and oxygen atoms in total. The highest BCUT2D eigenvalue weighted by molar-refractivity contribution is 8.02. The second kappa shape index (κ2) is 7.14. The van der Waals surface area contributed by atoms with Gasteiger partial charge >= 0.3 is 5.97 Å². The Morgan fingerprint density at radius 1 is 1.29 bits per heavy atom. The summed E-state index contributed by atoms with van der Waals surface area (Å²) in [4.78, 5) is 38.8. The van der Waals surface area contributed by atoms with Crippen molar-refractivity contribution in [3.8, 4) is 0 Å². The number of hydrogen-bond donors (Lipinski definition) is 1. The molecule has 0 radical (unpaired) electrons. The fraction of sp³-hybridized carbons (Fsp3) is 0.250. The number of hydrogen-bond acceptors (Lipinski definition) is 5. The third kappa shape index (κ3) is 3.14. The summed E-state index contributed by atoms with van der Waals surface area (Å²) >= 11 is 7.22. The van der Waals surface area contributed by atoms with Crippen molar-refractivity contribution in [1.29, 1.82) is 0 Å². The number of para-hydroxylation sites is 1. The molecule has 2 aromatic carbocycles. The third-order valence-electron chi connectivity index (χ3n) is 4.79. The summed E-state index contributed by atoms with van der Waals surface area (Å²) in [5.74, 6) is -1.15. The van der Waals surface area contributed by atoms with E-state index < -0.39 is 23.4 Å². The van der Waals surface area contributed by atoms with Crippen LogP contribution in [0.5, 0.6) is 0 Å². The molecule has 8 heteroatoms. The van der Waals surface area contributed by atoms with Crippen LogP contribution in [0.25, 0.3) is 0 Å². The molecule has 0 aromatic heterocycles. The second-order valence-electron chi connectivity index (χ2n) is 6.67. The Kier molecular flexibility index (Phi) is 4.81. The number of amides is 2. The lowest BCUT2D eigenvalue weighted by molar-refractivity contribution is -0.149. The monoisotopic (exact) mass is 416 g/mol. The van der Waals surface area contributed by atoms with Crippen LogP contribution in [0, 0.1) is 6.92 Å². The Balaban J connectivity index is 1.45. The van der Waals surface area contributed by atoms with Crippen LogP contribution < -0.4 is 10.2 Å². The van der Waals surface area contributed by atoms with Crippen LogP contribution >= 0.6 is 23.4 Å². The minimum Gasteiger partial charge on any atom is -0.453 e. The number of halogens is 1. The molecule has 1 atom stereocenters. The number of fused-ring (bicyclic) bond motifs is 3. The smallest absolute Gasteiger partial charge is 0.344 e. The molecule has 0 bridgehead atoms. The van der Waals surface area contributed by atoms with Crippen molar-refractivity contribution in [1.82, 2.24) is 0 Å². The zero-order chi connectivity index (χ0) is 19.9. The maximum absolute atomic E-state index is 12.9. The van der Waals surface area contributed by atoms with Gasteiger partial charge in [0.05, 0.1) is 5.69 Å². The highest BCUT2D eigenvalue weighted by atomic mass is 35.5. The zero-order valence-electron chi connectivity index (χ0n) is 15.0. The van der Waals surface area contributed by atoms with E-state index >= 15 is 0 Å². The van der Waals surface area contributed by atoms with E-state index in [2.05, 4.69) is 5.32 Å². The highest BCUT2D eigenvalue weighted by Crippen LogP contribution is 2.56. The summed E-state index contributed by atoms with van der Waals surface area (Å²) in [6.07, 6.45) is 0.620. The van der Waals surface area contributed by atoms with Gasteiger partial charge in [0, 0.05) is 28.4 Å². The minimum atomic E-state index is -1.13. The number of esters is 1. The number of benzene rings is 2. The van der Waals surface area contributed by atoms with Gasteiger partial charge in [0.25, 0.3) is 5.91 Å². The number of ether oxygens (including phenoxy) is 1. The van der Waals surface area contributed by atoms with Gasteiger partial charge < -0.3 is 10.1 Å². The number of thioether (sulfide) groups is 1. The molecule has 1 saturated heterocycles. The van der Waals surface area contributed by atoms with E-state index in [4.69, 9.17) is 16.3 Å². The number of nitrogens with one attached hydrogen (secondary N) is 1. The van der Waals surface area contributed by atoms with E-state index in [0.29, 0.717) is 22.8 Å². The van der Waals surface area contributed by atoms with Crippen molar-refractivity contribution in [3.63, 3.8) is 0 Å². The lowest BCUT2D eigenvalue weighted by Gasteiger charge is -2.28. The van der Waals surface area contributed by atoms with E-state index in [1.165, 1.54) is 16.7 Å². The third-order valence-corrected chi connectivity index (χ3v) is 6.48. The predicted octanol–water partition coefficient (Wildman–Crippen LogP) is 3.76. The number of aryl methyl sites for hydroxylation is 1. The van der Waals surface area contributed by atoms with Crippen LogP contribution in [0.1, 0.15) is 18.4 Å². The fourth-order valence-corrected chi connectivity index (χ4v) is 5.11. The molecule has 0 spiro atoms. The van der Waals surface area contributed by atoms with Crippen molar-refractivity contribution < 1.29 is 19.1 Å². The summed E-state index contributed by atoms with van der Waals surface area (Å²) in [7, 11) is 0. The Bertz CT molecular complexity index is 996. The number of anilines is 2. The van der Waals surface area contributed by atoms with Gasteiger partial charge in [-0.2, -0.15) is 0 Å². The molecule has 1 fully saturated rings. The van der Waals surface area contributed by atoms with Gasteiger partial charge in [0.1, 0.15) is 0 Å². The Hall–Kier alpha value is -2.51. The molecule has 144 valence electrons. The van der Waals surface area contributed by atoms with Gasteiger partial charge in [-0.15, -0.1) is 0 Å². The molecular formula is C20H17ClN2O4S. The molecule has 28 heavy (non-hydrogen) atoms. The molecule has 2 heterocycles. The fourth-order valence-electron chi connectivity index (χ4n) is 3.47. The maximum atomic E-state index is 12.9. The van der Waals surface area contributed by atoms with E-state index in [9.17, 15) is 14.4 Å². The lowest BCUT2D eigenvalue weighted by Crippen LogP contribution is -2.48. The Morgan fingerprint density at radius 2 is 2.07 bits per heavy atom. The largest absolute Gasteiger partial charge is 0.453 e. The first kappa shape index (κ1) is 18.8. The first-order valence-electron chi connectivity index (χ1n) is 8.75. The Labute approximate surface area is 171 Å². The van der Waals surface area contributed by atoms with Gasteiger partial charge in [-0.05, 0) is 42.8 Å². The average molecular weight is 417 g/mol. The molecule has 2 aromatic rings. The quantitative estimate of drug-likeness (QED) is 0.768. The number of rotatable bonds is 4. The average Bonchev–Trinajstić information content (AvgIpc) is 3.18. The van der Waals surface area contributed by atoms with Crippen LogP contribution in [0.4, 0.5) is 11.4 Å². The lowest BCUT2D eigenvalue weighted by atomic mass is 10.2. The van der Waals surface area contributed by atoms with E-state index in [-0.39, 0.29) is 12.3 Å². The van der Waals surface area contributed by atoms with Gasteiger partial charge in [0.15, 0.2) is 11.5 Å². The first-order valence-corrected chi connectivity index (χ1v) is 9.94. The van der Waals surface area contributed by atoms with Crippen molar-refractivity contribution in [2.45, 2.75) is 29.5 Å². The molecule has 0 unspecified atom stereocenters. The number of carbonyl (C=O) groups is 3. The van der Waals surface area contributed by atoms with Crippen molar-refractivity contribution in [2.75, 3.05) is 16.8 Å². The summed E-state index contributed by atoms with van der Waals surface area (Å²) < 4.78 is 5.32. The van der Waals surface area contributed by atoms with E-state index in [1.807, 2.05) is 31.2 Å². The maximum Gasteiger partial charge on any atom is 0.344 e. The minimum absolute atomic E-state index is 0.115. The van der Waals surface area contributed by atoms with Crippen molar-refractivity contribution >= 4 is 52.5 Å².